The Labute approximate surface area is 131 Å². The summed E-state index contributed by atoms with van der Waals surface area (Å²) >= 11 is 0. The molecule has 5 heteroatoms. The number of aryl methyl sites for hydroxylation is 1. The van der Waals surface area contributed by atoms with E-state index < -0.39 is 0 Å². The number of hydrogen-bond donors (Lipinski definition) is 2. The fraction of sp³-hybridized carbons (Fsp3) is 0.412. The number of rotatable bonds is 3. The highest BCUT2D eigenvalue weighted by Gasteiger charge is 2.26. The van der Waals surface area contributed by atoms with Crippen molar-refractivity contribution in [2.75, 3.05) is 36.8 Å². The molecule has 2 heterocycles. The van der Waals surface area contributed by atoms with Gasteiger partial charge in [0.25, 0.3) is 0 Å². The van der Waals surface area contributed by atoms with Gasteiger partial charge in [0.05, 0.1) is 26.2 Å². The van der Waals surface area contributed by atoms with E-state index in [2.05, 4.69) is 52.1 Å². The molecule has 0 radical (unpaired) electrons. The molecule has 1 aliphatic rings. The van der Waals surface area contributed by atoms with Gasteiger partial charge in [0, 0.05) is 17.3 Å². The number of aromatic nitrogens is 2. The average molecular weight is 298 g/mol. The summed E-state index contributed by atoms with van der Waals surface area (Å²) in [5.74, 6) is 1.32. The molecule has 0 amide bonds. The van der Waals surface area contributed by atoms with Gasteiger partial charge in [-0.05, 0) is 13.8 Å². The Bertz CT molecular complexity index is 600. The summed E-state index contributed by atoms with van der Waals surface area (Å²) < 4.78 is 0. The van der Waals surface area contributed by atoms with Crippen molar-refractivity contribution in [1.82, 2.24) is 9.97 Å². The first-order valence-electron chi connectivity index (χ1n) is 7.89. The molecule has 1 aromatic heterocycles. The minimum Gasteiger partial charge on any atom is -0.368 e. The molecule has 5 nitrogen and oxygen atoms in total. The maximum Gasteiger partial charge on any atom is 0.222 e. The summed E-state index contributed by atoms with van der Waals surface area (Å²) in [6.07, 6.45) is 0. The highest BCUT2D eigenvalue weighted by Crippen LogP contribution is 2.14. The normalized spacial score (nSPS) is 17.5. The molecule has 1 atom stereocenters. The number of hydrogen-bond acceptors (Lipinski definition) is 4. The number of nitrogen functional groups attached to an aromatic ring is 1. The molecule has 0 aliphatic carbocycles. The molecule has 1 aliphatic heterocycles. The first-order valence-corrected chi connectivity index (χ1v) is 7.89. The second-order valence-corrected chi connectivity index (χ2v) is 6.00. The Kier molecular flexibility index (Phi) is 4.24. The van der Waals surface area contributed by atoms with E-state index in [4.69, 9.17) is 5.73 Å². The summed E-state index contributed by atoms with van der Waals surface area (Å²) in [6.45, 7) is 8.50. The van der Waals surface area contributed by atoms with Crippen LogP contribution in [0.3, 0.4) is 0 Å². The number of nitrogens with one attached hydrogen (secondary N) is 1. The first-order chi connectivity index (χ1) is 10.6. The van der Waals surface area contributed by atoms with E-state index in [0.717, 1.165) is 37.7 Å². The quantitative estimate of drug-likeness (QED) is 0.881. The van der Waals surface area contributed by atoms with Crippen LogP contribution in [0, 0.1) is 6.92 Å². The maximum absolute atomic E-state index is 5.76. The Morgan fingerprint density at radius 3 is 2.45 bits per heavy atom. The fourth-order valence-electron chi connectivity index (χ4n) is 3.17. The second-order valence-electron chi connectivity index (χ2n) is 6.00. The van der Waals surface area contributed by atoms with Crippen LogP contribution >= 0.6 is 0 Å². The Hall–Kier alpha value is -2.14. The smallest absolute Gasteiger partial charge is 0.222 e. The van der Waals surface area contributed by atoms with E-state index in [0.29, 0.717) is 12.0 Å². The van der Waals surface area contributed by atoms with Crippen LogP contribution in [-0.2, 0) is 0 Å². The third-order valence-corrected chi connectivity index (χ3v) is 4.50. The highest BCUT2D eigenvalue weighted by molar-refractivity contribution is 5.43. The molecule has 2 aromatic rings. The third-order valence-electron chi connectivity index (χ3n) is 4.50. The van der Waals surface area contributed by atoms with E-state index >= 15 is 0 Å². The zero-order valence-corrected chi connectivity index (χ0v) is 13.3. The van der Waals surface area contributed by atoms with Gasteiger partial charge in [0.1, 0.15) is 11.9 Å². The van der Waals surface area contributed by atoms with Gasteiger partial charge in [-0.1, -0.05) is 30.3 Å². The highest BCUT2D eigenvalue weighted by atomic mass is 15.3. The maximum atomic E-state index is 5.76. The van der Waals surface area contributed by atoms with Crippen LogP contribution in [-0.4, -0.2) is 36.1 Å². The monoisotopic (exact) mass is 298 g/mol. The van der Waals surface area contributed by atoms with Crippen LogP contribution in [0.1, 0.15) is 24.2 Å². The van der Waals surface area contributed by atoms with Crippen molar-refractivity contribution < 1.29 is 4.90 Å². The van der Waals surface area contributed by atoms with Gasteiger partial charge in [-0.15, -0.1) is 0 Å². The standard InChI is InChI=1S/C17H23N5/c1-13-12-16(20-17(18)19-13)22-10-8-21(9-11-22)14(2)15-6-4-3-5-7-15/h3-7,12,14H,8-11H2,1-2H3,(H2,18,19,20)/p+1/t14-/m1/s1. The van der Waals surface area contributed by atoms with Crippen LogP contribution in [0.25, 0.3) is 0 Å². The summed E-state index contributed by atoms with van der Waals surface area (Å²) in [7, 11) is 0. The van der Waals surface area contributed by atoms with Crippen molar-refractivity contribution in [3.05, 3.63) is 47.7 Å². The zero-order chi connectivity index (χ0) is 15.5. The molecule has 1 saturated heterocycles. The summed E-state index contributed by atoms with van der Waals surface area (Å²) in [5.41, 5.74) is 8.10. The first kappa shape index (κ1) is 14.8. The van der Waals surface area contributed by atoms with Crippen LogP contribution in [0.4, 0.5) is 11.8 Å². The van der Waals surface area contributed by atoms with Crippen molar-refractivity contribution in [1.29, 1.82) is 0 Å². The summed E-state index contributed by atoms with van der Waals surface area (Å²) in [6, 6.07) is 13.3. The van der Waals surface area contributed by atoms with E-state index in [-0.39, 0.29) is 0 Å². The number of quaternary nitrogens is 1. The predicted octanol–water partition coefficient (Wildman–Crippen LogP) is 0.833. The van der Waals surface area contributed by atoms with E-state index in [1.54, 1.807) is 4.90 Å². The molecule has 3 rings (SSSR count). The third kappa shape index (κ3) is 3.20. The number of anilines is 2. The van der Waals surface area contributed by atoms with Gasteiger partial charge in [0.2, 0.25) is 5.95 Å². The molecule has 0 saturated carbocycles. The minimum absolute atomic E-state index is 0.363. The Morgan fingerprint density at radius 2 is 1.82 bits per heavy atom. The van der Waals surface area contributed by atoms with Gasteiger partial charge in [-0.25, -0.2) is 4.98 Å². The molecular weight excluding hydrogens is 274 g/mol. The summed E-state index contributed by atoms with van der Waals surface area (Å²) in [4.78, 5) is 12.5. The van der Waals surface area contributed by atoms with E-state index in [9.17, 15) is 0 Å². The SMILES string of the molecule is Cc1cc(N2CC[NH+]([C@H](C)c3ccccc3)CC2)nc(N)n1. The van der Waals surface area contributed by atoms with Crippen molar-refractivity contribution in [2.24, 2.45) is 0 Å². The van der Waals surface area contributed by atoms with E-state index in [1.807, 2.05) is 13.0 Å². The molecular formula is C17H24N5+. The summed E-state index contributed by atoms with van der Waals surface area (Å²) in [5, 5.41) is 0. The molecule has 1 fully saturated rings. The zero-order valence-electron chi connectivity index (χ0n) is 13.3. The Morgan fingerprint density at radius 1 is 1.14 bits per heavy atom. The second kappa shape index (κ2) is 6.32. The molecule has 3 N–H and O–H groups in total. The molecule has 116 valence electrons. The number of benzene rings is 1. The van der Waals surface area contributed by atoms with Crippen LogP contribution in [0.2, 0.25) is 0 Å². The van der Waals surface area contributed by atoms with Crippen LogP contribution in [0.5, 0.6) is 0 Å². The molecule has 1 aromatic carbocycles. The topological polar surface area (TPSA) is 59.5 Å². The van der Waals surface area contributed by atoms with Gasteiger partial charge in [0.15, 0.2) is 0 Å². The van der Waals surface area contributed by atoms with Crippen molar-refractivity contribution >= 4 is 11.8 Å². The van der Waals surface area contributed by atoms with E-state index in [1.165, 1.54) is 5.56 Å². The molecule has 0 unspecified atom stereocenters. The fourth-order valence-corrected chi connectivity index (χ4v) is 3.17. The largest absolute Gasteiger partial charge is 0.368 e. The van der Waals surface area contributed by atoms with Gasteiger partial charge >= 0.3 is 0 Å². The lowest BCUT2D eigenvalue weighted by Crippen LogP contribution is -3.14. The molecule has 22 heavy (non-hydrogen) atoms. The average Bonchev–Trinajstić information content (AvgIpc) is 2.54. The molecule has 0 spiro atoms. The van der Waals surface area contributed by atoms with Crippen LogP contribution < -0.4 is 15.5 Å². The number of piperazine rings is 1. The van der Waals surface area contributed by atoms with Crippen molar-refractivity contribution in [3.8, 4) is 0 Å². The van der Waals surface area contributed by atoms with Crippen molar-refractivity contribution in [3.63, 3.8) is 0 Å². The number of nitrogens with two attached hydrogens (primary N) is 1. The Balaban J connectivity index is 1.65. The number of nitrogens with zero attached hydrogens (tertiary/aromatic N) is 3. The lowest BCUT2D eigenvalue weighted by molar-refractivity contribution is -0.930. The molecule has 0 bridgehead atoms. The lowest BCUT2D eigenvalue weighted by atomic mass is 10.1. The predicted molar refractivity (Wildman–Crippen MR) is 88.9 cm³/mol. The van der Waals surface area contributed by atoms with Gasteiger partial charge in [-0.2, -0.15) is 4.98 Å². The van der Waals surface area contributed by atoms with Gasteiger partial charge < -0.3 is 15.5 Å². The minimum atomic E-state index is 0.363. The van der Waals surface area contributed by atoms with Crippen molar-refractivity contribution in [2.45, 2.75) is 19.9 Å². The van der Waals surface area contributed by atoms with Gasteiger partial charge in [-0.3, -0.25) is 0 Å². The lowest BCUT2D eigenvalue weighted by Gasteiger charge is -2.36. The van der Waals surface area contributed by atoms with Crippen LogP contribution in [0.15, 0.2) is 36.4 Å².